The van der Waals surface area contributed by atoms with E-state index >= 15 is 0 Å². The number of fused-ring (bicyclic) bond motifs is 3. The van der Waals surface area contributed by atoms with Gasteiger partial charge in [-0.25, -0.2) is 4.98 Å². The number of aromatic nitrogens is 2. The van der Waals surface area contributed by atoms with Crippen molar-refractivity contribution in [3.63, 3.8) is 0 Å². The van der Waals surface area contributed by atoms with Gasteiger partial charge >= 0.3 is 0 Å². The van der Waals surface area contributed by atoms with Gasteiger partial charge in [0.15, 0.2) is 0 Å². The fraction of sp³-hybridized carbons (Fsp3) is 0.500. The Balaban J connectivity index is 1.41. The van der Waals surface area contributed by atoms with Crippen molar-refractivity contribution >= 4 is 32.9 Å². The molecule has 4 heterocycles. The molecule has 2 aliphatic rings. The van der Waals surface area contributed by atoms with Crippen LogP contribution in [0.3, 0.4) is 0 Å². The zero-order valence-electron chi connectivity index (χ0n) is 15.2. The van der Waals surface area contributed by atoms with E-state index in [9.17, 15) is 4.79 Å². The Hall–Kier alpha value is -1.54. The summed E-state index contributed by atoms with van der Waals surface area (Å²) >= 11 is 3.48. The summed E-state index contributed by atoms with van der Waals surface area (Å²) in [6.07, 6.45) is 5.80. The number of ether oxygens (including phenoxy) is 1. The van der Waals surface area contributed by atoms with Gasteiger partial charge < -0.3 is 9.72 Å². The van der Waals surface area contributed by atoms with Gasteiger partial charge in [0.05, 0.1) is 18.0 Å². The molecule has 3 aromatic rings. The molecule has 1 atom stereocenters. The van der Waals surface area contributed by atoms with Crippen LogP contribution in [0.25, 0.3) is 10.2 Å². The number of rotatable bonds is 6. The molecule has 5 rings (SSSR count). The van der Waals surface area contributed by atoms with Crippen LogP contribution in [0.15, 0.2) is 22.3 Å². The molecule has 3 aromatic heterocycles. The van der Waals surface area contributed by atoms with Crippen molar-refractivity contribution < 1.29 is 4.74 Å². The van der Waals surface area contributed by atoms with E-state index in [4.69, 9.17) is 9.72 Å². The van der Waals surface area contributed by atoms with Gasteiger partial charge in [0, 0.05) is 29.5 Å². The molecule has 0 saturated carbocycles. The molecule has 7 heteroatoms. The summed E-state index contributed by atoms with van der Waals surface area (Å²) < 4.78 is 5.85. The van der Waals surface area contributed by atoms with Crippen molar-refractivity contribution in [3.05, 3.63) is 49.0 Å². The predicted molar refractivity (Wildman–Crippen MR) is 110 cm³/mol. The monoisotopic (exact) mass is 401 g/mol. The van der Waals surface area contributed by atoms with Crippen molar-refractivity contribution in [3.8, 4) is 0 Å². The van der Waals surface area contributed by atoms with Crippen molar-refractivity contribution in [1.29, 1.82) is 0 Å². The molecule has 1 saturated heterocycles. The van der Waals surface area contributed by atoms with E-state index in [2.05, 4.69) is 27.4 Å². The number of nitrogens with one attached hydrogen (secondary N) is 1. The predicted octanol–water partition coefficient (Wildman–Crippen LogP) is 3.72. The summed E-state index contributed by atoms with van der Waals surface area (Å²) in [5.74, 6) is 0.766. The Morgan fingerprint density at radius 3 is 3.07 bits per heavy atom. The molecule has 0 amide bonds. The van der Waals surface area contributed by atoms with Crippen LogP contribution in [0.2, 0.25) is 0 Å². The minimum absolute atomic E-state index is 0.0302. The Morgan fingerprint density at radius 2 is 2.26 bits per heavy atom. The molecular formula is C20H23N3O2S2. The van der Waals surface area contributed by atoms with Crippen LogP contribution in [0.5, 0.6) is 0 Å². The highest BCUT2D eigenvalue weighted by atomic mass is 32.1. The number of hydrogen-bond acceptors (Lipinski definition) is 6. The summed E-state index contributed by atoms with van der Waals surface area (Å²) in [7, 11) is 0. The van der Waals surface area contributed by atoms with Crippen molar-refractivity contribution in [1.82, 2.24) is 14.9 Å². The second-order valence-corrected chi connectivity index (χ2v) is 9.55. The minimum Gasteiger partial charge on any atom is -0.377 e. The Morgan fingerprint density at radius 1 is 1.30 bits per heavy atom. The molecule has 0 radical (unpaired) electrons. The molecular weight excluding hydrogens is 378 g/mol. The smallest absolute Gasteiger partial charge is 0.259 e. The molecule has 0 bridgehead atoms. The third-order valence-corrected chi connectivity index (χ3v) is 7.49. The lowest BCUT2D eigenvalue weighted by atomic mass is 10.2. The molecule has 1 aliphatic carbocycles. The first kappa shape index (κ1) is 17.6. The Kier molecular flexibility index (Phi) is 4.85. The van der Waals surface area contributed by atoms with E-state index in [1.165, 1.54) is 15.3 Å². The Labute approximate surface area is 166 Å². The lowest BCUT2D eigenvalue weighted by Crippen LogP contribution is -2.32. The van der Waals surface area contributed by atoms with E-state index in [0.29, 0.717) is 6.54 Å². The number of aromatic amines is 1. The summed E-state index contributed by atoms with van der Waals surface area (Å²) in [6.45, 7) is 3.24. The lowest BCUT2D eigenvalue weighted by Gasteiger charge is -2.24. The van der Waals surface area contributed by atoms with E-state index in [0.717, 1.165) is 67.8 Å². The van der Waals surface area contributed by atoms with E-state index in [1.807, 2.05) is 0 Å². The van der Waals surface area contributed by atoms with E-state index in [1.54, 1.807) is 22.7 Å². The summed E-state index contributed by atoms with van der Waals surface area (Å²) in [5.41, 5.74) is 1.27. The third-order valence-electron chi connectivity index (χ3n) is 5.44. The SMILES string of the molecule is O=c1[nH]c(CN(Cc2cccs2)C[C@@H]2CCCO2)nc2sc3c(c12)CCC3. The first-order chi connectivity index (χ1) is 13.3. The van der Waals surface area contributed by atoms with Gasteiger partial charge in [-0.2, -0.15) is 0 Å². The molecule has 0 aromatic carbocycles. The number of hydrogen-bond donors (Lipinski definition) is 1. The maximum atomic E-state index is 12.7. The fourth-order valence-electron chi connectivity index (χ4n) is 4.22. The molecule has 5 nitrogen and oxygen atoms in total. The van der Waals surface area contributed by atoms with Crippen molar-refractivity contribution in [2.75, 3.05) is 13.2 Å². The standard InChI is InChI=1S/C20H23N3O2S2/c24-19-18-15-6-1-7-16(15)27-20(18)22-17(21-19)12-23(10-13-4-2-8-25-13)11-14-5-3-9-26-14/h3,5,9,13H,1-2,4,6-8,10-12H2,(H,21,22,24)/t13-/m0/s1. The number of nitrogens with zero attached hydrogens (tertiary/aromatic N) is 2. The highest BCUT2D eigenvalue weighted by Gasteiger charge is 2.23. The van der Waals surface area contributed by atoms with Crippen molar-refractivity contribution in [2.24, 2.45) is 0 Å². The molecule has 0 spiro atoms. The zero-order chi connectivity index (χ0) is 18.2. The normalized spacial score (nSPS) is 19.4. The number of aryl methyl sites for hydroxylation is 2. The maximum absolute atomic E-state index is 12.7. The molecule has 1 fully saturated rings. The average Bonchev–Trinajstić information content (AvgIpc) is 3.39. The number of H-pyrrole nitrogens is 1. The van der Waals surface area contributed by atoms with Gasteiger partial charge in [-0.1, -0.05) is 6.07 Å². The van der Waals surface area contributed by atoms with E-state index < -0.39 is 0 Å². The van der Waals surface area contributed by atoms with Crippen LogP contribution in [0.1, 0.15) is 40.4 Å². The number of thiophene rings is 2. The quantitative estimate of drug-likeness (QED) is 0.684. The molecule has 1 N–H and O–H groups in total. The van der Waals surface area contributed by atoms with Crippen LogP contribution in [0.4, 0.5) is 0 Å². The zero-order valence-corrected chi connectivity index (χ0v) is 16.8. The van der Waals surface area contributed by atoms with Gasteiger partial charge in [-0.05, 0) is 49.1 Å². The highest BCUT2D eigenvalue weighted by molar-refractivity contribution is 7.18. The fourth-order valence-corrected chi connectivity index (χ4v) is 6.24. The van der Waals surface area contributed by atoms with Gasteiger partial charge in [0.25, 0.3) is 5.56 Å². The van der Waals surface area contributed by atoms with Crippen LogP contribution in [-0.4, -0.2) is 34.1 Å². The summed E-state index contributed by atoms with van der Waals surface area (Å²) in [5, 5.41) is 2.94. The maximum Gasteiger partial charge on any atom is 0.259 e. The lowest BCUT2D eigenvalue weighted by molar-refractivity contribution is 0.0674. The van der Waals surface area contributed by atoms with Crippen LogP contribution in [-0.2, 0) is 30.7 Å². The van der Waals surface area contributed by atoms with Gasteiger partial charge in [0.2, 0.25) is 0 Å². The van der Waals surface area contributed by atoms with E-state index in [-0.39, 0.29) is 11.7 Å². The third kappa shape index (κ3) is 3.61. The van der Waals surface area contributed by atoms with Crippen LogP contribution < -0.4 is 5.56 Å². The Bertz CT molecular complexity index is 987. The van der Waals surface area contributed by atoms with Gasteiger partial charge in [0.1, 0.15) is 10.7 Å². The average molecular weight is 402 g/mol. The first-order valence-corrected chi connectivity index (χ1v) is 11.4. The van der Waals surface area contributed by atoms with Crippen LogP contribution >= 0.6 is 22.7 Å². The molecule has 1 aliphatic heterocycles. The topological polar surface area (TPSA) is 58.2 Å². The second-order valence-electron chi connectivity index (χ2n) is 7.43. The van der Waals surface area contributed by atoms with Gasteiger partial charge in [-0.15, -0.1) is 22.7 Å². The molecule has 27 heavy (non-hydrogen) atoms. The summed E-state index contributed by atoms with van der Waals surface area (Å²) in [6, 6.07) is 4.25. The first-order valence-electron chi connectivity index (χ1n) is 9.66. The summed E-state index contributed by atoms with van der Waals surface area (Å²) in [4.78, 5) is 26.6. The van der Waals surface area contributed by atoms with Crippen molar-refractivity contribution in [2.45, 2.75) is 51.3 Å². The largest absolute Gasteiger partial charge is 0.377 e. The second kappa shape index (κ2) is 7.47. The highest BCUT2D eigenvalue weighted by Crippen LogP contribution is 2.34. The van der Waals surface area contributed by atoms with Crippen LogP contribution in [0, 0.1) is 0 Å². The van der Waals surface area contributed by atoms with Gasteiger partial charge in [-0.3, -0.25) is 9.69 Å². The molecule has 0 unspecified atom stereocenters. The molecule has 142 valence electrons. The minimum atomic E-state index is 0.0302.